The number of fused-ring (bicyclic) bond motifs is 1. The van der Waals surface area contributed by atoms with Gasteiger partial charge in [0.1, 0.15) is 0 Å². The smallest absolute Gasteiger partial charge is 0.241 e. The number of aliphatic hydroxyl groups excluding tert-OH is 1. The third-order valence-corrected chi connectivity index (χ3v) is 6.00. The fourth-order valence-corrected chi connectivity index (χ4v) is 4.17. The molecule has 2 aromatic carbocycles. The van der Waals surface area contributed by atoms with Crippen LogP contribution in [0.4, 0.5) is 11.4 Å². The van der Waals surface area contributed by atoms with Crippen molar-refractivity contribution in [3.8, 4) is 0 Å². The minimum atomic E-state index is -0.221. The van der Waals surface area contributed by atoms with E-state index in [1.165, 1.54) is 16.8 Å². The van der Waals surface area contributed by atoms with Gasteiger partial charge in [0.2, 0.25) is 5.91 Å². The molecule has 5 nitrogen and oxygen atoms in total. The topological polar surface area (TPSA) is 55.8 Å². The van der Waals surface area contributed by atoms with E-state index in [0.717, 1.165) is 51.1 Å². The average Bonchev–Trinajstić information content (AvgIpc) is 3.12. The molecule has 0 spiro atoms. The average molecular weight is 380 g/mol. The van der Waals surface area contributed by atoms with Crippen molar-refractivity contribution in [3.63, 3.8) is 0 Å². The first-order valence-electron chi connectivity index (χ1n) is 10.2. The van der Waals surface area contributed by atoms with Gasteiger partial charge in [-0.2, -0.15) is 0 Å². The summed E-state index contributed by atoms with van der Waals surface area (Å²) < 4.78 is 0. The maximum Gasteiger partial charge on any atom is 0.241 e. The number of likely N-dealkylation sites (tertiary alicyclic amines) is 1. The van der Waals surface area contributed by atoms with Crippen molar-refractivity contribution in [3.05, 3.63) is 59.7 Å². The third-order valence-electron chi connectivity index (χ3n) is 6.00. The van der Waals surface area contributed by atoms with E-state index in [-0.39, 0.29) is 18.1 Å². The van der Waals surface area contributed by atoms with Gasteiger partial charge in [0.25, 0.3) is 0 Å². The second-order valence-corrected chi connectivity index (χ2v) is 7.93. The van der Waals surface area contributed by atoms with Crippen molar-refractivity contribution >= 4 is 17.3 Å². The molecular weight excluding hydrogens is 350 g/mol. The van der Waals surface area contributed by atoms with Crippen LogP contribution in [0.2, 0.25) is 0 Å². The Morgan fingerprint density at radius 1 is 1.11 bits per heavy atom. The first-order valence-corrected chi connectivity index (χ1v) is 10.2. The fraction of sp³-hybridized carbons (Fsp3) is 0.435. The van der Waals surface area contributed by atoms with Crippen LogP contribution < -0.4 is 10.2 Å². The number of hydrogen-bond donors (Lipinski definition) is 2. The zero-order valence-corrected chi connectivity index (χ0v) is 16.5. The van der Waals surface area contributed by atoms with Gasteiger partial charge in [0.15, 0.2) is 0 Å². The molecular formula is C23H29N3O2. The number of para-hydroxylation sites is 1. The summed E-state index contributed by atoms with van der Waals surface area (Å²) in [7, 11) is 0. The Bertz CT molecular complexity index is 813. The molecule has 0 bridgehead atoms. The molecule has 0 aliphatic carbocycles. The van der Waals surface area contributed by atoms with E-state index >= 15 is 0 Å². The van der Waals surface area contributed by atoms with E-state index in [1.54, 1.807) is 0 Å². The van der Waals surface area contributed by atoms with Crippen LogP contribution in [0.25, 0.3) is 0 Å². The first kappa shape index (κ1) is 19.0. The van der Waals surface area contributed by atoms with E-state index in [9.17, 15) is 9.90 Å². The molecule has 148 valence electrons. The molecule has 2 aliphatic rings. The van der Waals surface area contributed by atoms with E-state index in [1.807, 2.05) is 19.1 Å². The molecule has 2 heterocycles. The Balaban J connectivity index is 1.33. The van der Waals surface area contributed by atoms with Crippen molar-refractivity contribution in [2.24, 2.45) is 0 Å². The van der Waals surface area contributed by atoms with Gasteiger partial charge < -0.3 is 15.3 Å². The number of benzene rings is 2. The number of aliphatic hydroxyl groups is 1. The normalized spacial score (nSPS) is 18.7. The minimum absolute atomic E-state index is 0.0117. The van der Waals surface area contributed by atoms with Crippen LogP contribution in [-0.4, -0.2) is 47.7 Å². The van der Waals surface area contributed by atoms with Gasteiger partial charge in [0.05, 0.1) is 12.1 Å². The number of carbonyl (C=O) groups excluding carboxylic acids is 1. The highest BCUT2D eigenvalue weighted by Gasteiger charge is 2.25. The fourth-order valence-electron chi connectivity index (χ4n) is 4.17. The van der Waals surface area contributed by atoms with Crippen LogP contribution in [0, 0.1) is 0 Å². The van der Waals surface area contributed by atoms with E-state index < -0.39 is 0 Å². The van der Waals surface area contributed by atoms with Gasteiger partial charge in [-0.3, -0.25) is 9.69 Å². The van der Waals surface area contributed by atoms with E-state index in [2.05, 4.69) is 51.5 Å². The van der Waals surface area contributed by atoms with Crippen molar-refractivity contribution in [1.82, 2.24) is 4.90 Å². The number of carbonyl (C=O) groups is 1. The monoisotopic (exact) mass is 379 g/mol. The Kier molecular flexibility index (Phi) is 5.64. The number of piperidine rings is 1. The molecule has 2 N–H and O–H groups in total. The lowest BCUT2D eigenvalue weighted by molar-refractivity contribution is -0.121. The number of nitrogens with one attached hydrogen (secondary N) is 1. The van der Waals surface area contributed by atoms with Crippen LogP contribution in [0.3, 0.4) is 0 Å². The largest absolute Gasteiger partial charge is 0.393 e. The Morgan fingerprint density at radius 2 is 1.82 bits per heavy atom. The highest BCUT2D eigenvalue weighted by Crippen LogP contribution is 2.29. The number of rotatable bonds is 5. The van der Waals surface area contributed by atoms with Crippen LogP contribution in [0.15, 0.2) is 48.5 Å². The van der Waals surface area contributed by atoms with E-state index in [0.29, 0.717) is 0 Å². The zero-order valence-electron chi connectivity index (χ0n) is 16.5. The van der Waals surface area contributed by atoms with Gasteiger partial charge in [-0.25, -0.2) is 0 Å². The van der Waals surface area contributed by atoms with Crippen molar-refractivity contribution in [2.45, 2.75) is 44.9 Å². The van der Waals surface area contributed by atoms with Crippen molar-refractivity contribution in [2.75, 3.05) is 29.9 Å². The molecule has 4 rings (SSSR count). The van der Waals surface area contributed by atoms with Gasteiger partial charge in [-0.1, -0.05) is 30.3 Å². The molecule has 5 heteroatoms. The lowest BCUT2D eigenvalue weighted by Crippen LogP contribution is -2.47. The second kappa shape index (κ2) is 8.33. The van der Waals surface area contributed by atoms with Gasteiger partial charge in [-0.05, 0) is 55.5 Å². The molecule has 2 aliphatic heterocycles. The lowest BCUT2D eigenvalue weighted by atomic mass is 10.1. The highest BCUT2D eigenvalue weighted by molar-refractivity contribution is 5.94. The first-order chi connectivity index (χ1) is 13.6. The Morgan fingerprint density at radius 3 is 2.57 bits per heavy atom. The van der Waals surface area contributed by atoms with Crippen LogP contribution in [-0.2, 0) is 17.8 Å². The summed E-state index contributed by atoms with van der Waals surface area (Å²) in [5.74, 6) is 0.0117. The molecule has 1 amide bonds. The summed E-state index contributed by atoms with van der Waals surface area (Å²) >= 11 is 0. The van der Waals surface area contributed by atoms with Gasteiger partial charge in [-0.15, -0.1) is 0 Å². The third kappa shape index (κ3) is 4.21. The Labute approximate surface area is 167 Å². The number of anilines is 2. The molecule has 1 fully saturated rings. The quantitative estimate of drug-likeness (QED) is 0.838. The number of nitrogens with zero attached hydrogens (tertiary/aromatic N) is 2. The highest BCUT2D eigenvalue weighted by atomic mass is 16.3. The summed E-state index contributed by atoms with van der Waals surface area (Å²) in [6.45, 7) is 5.42. The molecule has 0 radical (unpaired) electrons. The SMILES string of the molecule is CC(C(=O)Nc1ccc(CN2CCc3ccccc32)cc1)N1CCC(O)CC1. The van der Waals surface area contributed by atoms with Crippen molar-refractivity contribution < 1.29 is 9.90 Å². The second-order valence-electron chi connectivity index (χ2n) is 7.93. The van der Waals surface area contributed by atoms with Crippen LogP contribution >= 0.6 is 0 Å². The molecule has 2 aromatic rings. The van der Waals surface area contributed by atoms with Crippen molar-refractivity contribution in [1.29, 1.82) is 0 Å². The standard InChI is InChI=1S/C23H29N3O2/c1-17(25-14-11-21(27)12-15-25)23(28)24-20-8-6-18(7-9-20)16-26-13-10-19-4-2-3-5-22(19)26/h2-9,17,21,27H,10-16H2,1H3,(H,24,28). The summed E-state index contributed by atoms with van der Waals surface area (Å²) in [6.07, 6.45) is 2.37. The van der Waals surface area contributed by atoms with Crippen LogP contribution in [0.5, 0.6) is 0 Å². The minimum Gasteiger partial charge on any atom is -0.393 e. The van der Waals surface area contributed by atoms with Gasteiger partial charge >= 0.3 is 0 Å². The maximum absolute atomic E-state index is 12.6. The van der Waals surface area contributed by atoms with Crippen LogP contribution in [0.1, 0.15) is 30.9 Å². The molecule has 1 saturated heterocycles. The lowest BCUT2D eigenvalue weighted by Gasteiger charge is -2.33. The summed E-state index contributed by atoms with van der Waals surface area (Å²) in [5, 5.41) is 12.7. The summed E-state index contributed by atoms with van der Waals surface area (Å²) in [6, 6.07) is 16.6. The van der Waals surface area contributed by atoms with E-state index in [4.69, 9.17) is 0 Å². The zero-order chi connectivity index (χ0) is 19.5. The summed E-state index contributed by atoms with van der Waals surface area (Å²) in [4.78, 5) is 17.1. The summed E-state index contributed by atoms with van der Waals surface area (Å²) in [5.41, 5.74) is 4.83. The molecule has 28 heavy (non-hydrogen) atoms. The molecule has 0 aromatic heterocycles. The predicted octanol–water partition coefficient (Wildman–Crippen LogP) is 3.03. The number of hydrogen-bond acceptors (Lipinski definition) is 4. The molecule has 0 saturated carbocycles. The molecule has 1 atom stereocenters. The molecule has 1 unspecified atom stereocenters. The number of amides is 1. The Hall–Kier alpha value is -2.37. The predicted molar refractivity (Wildman–Crippen MR) is 113 cm³/mol. The van der Waals surface area contributed by atoms with Gasteiger partial charge in [0, 0.05) is 37.6 Å². The maximum atomic E-state index is 12.6.